The normalized spacial score (nSPS) is 12.1. The average Bonchev–Trinajstić information content (AvgIpc) is 2.49. The number of rotatable bonds is 5. The second kappa shape index (κ2) is 6.25. The first kappa shape index (κ1) is 16.8. The third-order valence-corrected chi connectivity index (χ3v) is 5.72. The number of benzene rings is 2. The van der Waals surface area contributed by atoms with Crippen molar-refractivity contribution in [2.75, 3.05) is 7.05 Å². The van der Waals surface area contributed by atoms with Crippen LogP contribution in [-0.4, -0.2) is 23.9 Å². The Hall–Kier alpha value is -1.61. The van der Waals surface area contributed by atoms with Crippen molar-refractivity contribution >= 4 is 31.7 Å². The van der Waals surface area contributed by atoms with E-state index in [-0.39, 0.29) is 20.6 Å². The number of para-hydroxylation sites is 1. The van der Waals surface area contributed by atoms with E-state index in [1.165, 1.54) is 31.3 Å². The second-order valence-electron chi connectivity index (χ2n) is 4.15. The number of halogens is 1. The molecule has 0 saturated heterocycles. The van der Waals surface area contributed by atoms with E-state index in [0.29, 0.717) is 0 Å². The molecular weight excluding hydrogens is 350 g/mol. The molecule has 118 valence electrons. The van der Waals surface area contributed by atoms with Crippen LogP contribution in [0.3, 0.4) is 0 Å². The maximum Gasteiger partial charge on any atom is 0.339 e. The van der Waals surface area contributed by atoms with E-state index in [1.807, 2.05) is 0 Å². The summed E-state index contributed by atoms with van der Waals surface area (Å²) in [5.74, 6) is -0.00362. The van der Waals surface area contributed by atoms with Crippen molar-refractivity contribution in [1.82, 2.24) is 4.72 Å². The van der Waals surface area contributed by atoms with Crippen LogP contribution in [0.5, 0.6) is 5.75 Å². The number of hydrogen-bond acceptors (Lipinski definition) is 5. The SMILES string of the molecule is CNS(=O)(=O)c1ccc(S(=O)(=O)Oc2ccccc2Cl)cc1. The molecular formula is C13H12ClNO5S2. The van der Waals surface area contributed by atoms with Gasteiger partial charge in [0.25, 0.3) is 0 Å². The predicted molar refractivity (Wildman–Crippen MR) is 82.0 cm³/mol. The Balaban J connectivity index is 2.33. The van der Waals surface area contributed by atoms with Gasteiger partial charge in [-0.1, -0.05) is 23.7 Å². The molecule has 0 bridgehead atoms. The van der Waals surface area contributed by atoms with Gasteiger partial charge in [0.05, 0.1) is 9.92 Å². The molecule has 6 nitrogen and oxygen atoms in total. The van der Waals surface area contributed by atoms with E-state index >= 15 is 0 Å². The van der Waals surface area contributed by atoms with Crippen LogP contribution in [0, 0.1) is 0 Å². The minimum absolute atomic E-state index is 0.00362. The molecule has 0 aliphatic carbocycles. The van der Waals surface area contributed by atoms with Crippen LogP contribution in [0.1, 0.15) is 0 Å². The van der Waals surface area contributed by atoms with Crippen LogP contribution in [-0.2, 0) is 20.1 Å². The molecule has 0 radical (unpaired) electrons. The molecule has 0 amide bonds. The Kier molecular flexibility index (Phi) is 4.76. The maximum absolute atomic E-state index is 12.1. The molecule has 2 aromatic carbocycles. The number of sulfonamides is 1. The Morgan fingerprint density at radius 1 is 0.909 bits per heavy atom. The largest absolute Gasteiger partial charge is 0.377 e. The van der Waals surface area contributed by atoms with Crippen LogP contribution in [0.2, 0.25) is 5.02 Å². The zero-order valence-corrected chi connectivity index (χ0v) is 13.7. The molecule has 0 unspecified atom stereocenters. The summed E-state index contributed by atoms with van der Waals surface area (Å²) >= 11 is 5.84. The Bertz CT molecular complexity index is 877. The molecule has 9 heteroatoms. The molecule has 0 aliphatic heterocycles. The smallest absolute Gasteiger partial charge is 0.339 e. The van der Waals surface area contributed by atoms with Crippen LogP contribution < -0.4 is 8.91 Å². The third-order valence-electron chi connectivity index (χ3n) is 2.73. The zero-order valence-electron chi connectivity index (χ0n) is 11.4. The summed E-state index contributed by atoms with van der Waals surface area (Å²) < 4.78 is 54.5. The Morgan fingerprint density at radius 3 is 2.00 bits per heavy atom. The molecule has 22 heavy (non-hydrogen) atoms. The van der Waals surface area contributed by atoms with Crippen molar-refractivity contribution in [2.45, 2.75) is 9.79 Å². The first-order chi connectivity index (χ1) is 10.3. The van der Waals surface area contributed by atoms with Gasteiger partial charge in [-0.05, 0) is 43.4 Å². The molecule has 0 fully saturated rings. The summed E-state index contributed by atoms with van der Waals surface area (Å²) in [5.41, 5.74) is 0. The molecule has 2 aromatic rings. The summed E-state index contributed by atoms with van der Waals surface area (Å²) in [6.45, 7) is 0. The first-order valence-electron chi connectivity index (χ1n) is 5.99. The van der Waals surface area contributed by atoms with Gasteiger partial charge in [-0.2, -0.15) is 8.42 Å². The van der Waals surface area contributed by atoms with Gasteiger partial charge < -0.3 is 4.18 Å². The van der Waals surface area contributed by atoms with Gasteiger partial charge in [0, 0.05) is 0 Å². The van der Waals surface area contributed by atoms with E-state index in [2.05, 4.69) is 4.72 Å². The van der Waals surface area contributed by atoms with Crippen LogP contribution in [0.4, 0.5) is 0 Å². The lowest BCUT2D eigenvalue weighted by Crippen LogP contribution is -2.18. The van der Waals surface area contributed by atoms with Gasteiger partial charge >= 0.3 is 10.1 Å². The second-order valence-corrected chi connectivity index (χ2v) is 7.99. The third kappa shape index (κ3) is 3.58. The van der Waals surface area contributed by atoms with Crippen LogP contribution >= 0.6 is 11.6 Å². The van der Waals surface area contributed by atoms with Gasteiger partial charge in [0.15, 0.2) is 5.75 Å². The predicted octanol–water partition coefficient (Wildman–Crippen LogP) is 2.02. The van der Waals surface area contributed by atoms with Crippen LogP contribution in [0.25, 0.3) is 0 Å². The molecule has 0 aliphatic rings. The topological polar surface area (TPSA) is 89.5 Å². The van der Waals surface area contributed by atoms with Gasteiger partial charge in [-0.25, -0.2) is 13.1 Å². The molecule has 1 N–H and O–H groups in total. The molecule has 0 aromatic heterocycles. The quantitative estimate of drug-likeness (QED) is 0.823. The minimum atomic E-state index is -4.10. The summed E-state index contributed by atoms with van der Waals surface area (Å²) in [7, 11) is -6.47. The highest BCUT2D eigenvalue weighted by molar-refractivity contribution is 7.89. The van der Waals surface area contributed by atoms with Crippen molar-refractivity contribution in [2.24, 2.45) is 0 Å². The average molecular weight is 362 g/mol. The Morgan fingerprint density at radius 2 is 1.45 bits per heavy atom. The van der Waals surface area contributed by atoms with Crippen molar-refractivity contribution < 1.29 is 21.0 Å². The van der Waals surface area contributed by atoms with Crippen molar-refractivity contribution in [3.8, 4) is 5.75 Å². The summed E-state index contributed by atoms with van der Waals surface area (Å²) in [6.07, 6.45) is 0. The fraction of sp³-hybridized carbons (Fsp3) is 0.0769. The van der Waals surface area contributed by atoms with Gasteiger partial charge in [0.2, 0.25) is 10.0 Å². The summed E-state index contributed by atoms with van der Waals surface area (Å²) in [5, 5.41) is 0.153. The van der Waals surface area contributed by atoms with Gasteiger partial charge in [-0.3, -0.25) is 0 Å². The highest BCUT2D eigenvalue weighted by Gasteiger charge is 2.19. The lowest BCUT2D eigenvalue weighted by molar-refractivity contribution is 0.486. The maximum atomic E-state index is 12.1. The van der Waals surface area contributed by atoms with E-state index in [9.17, 15) is 16.8 Å². The van der Waals surface area contributed by atoms with E-state index in [0.717, 1.165) is 12.1 Å². The van der Waals surface area contributed by atoms with E-state index in [4.69, 9.17) is 15.8 Å². The molecule has 2 rings (SSSR count). The van der Waals surface area contributed by atoms with Gasteiger partial charge in [0.1, 0.15) is 4.90 Å². The highest BCUT2D eigenvalue weighted by atomic mass is 35.5. The highest BCUT2D eigenvalue weighted by Crippen LogP contribution is 2.27. The minimum Gasteiger partial charge on any atom is -0.377 e. The fourth-order valence-electron chi connectivity index (χ4n) is 1.58. The molecule has 0 heterocycles. The molecule has 0 atom stereocenters. The molecule has 0 saturated carbocycles. The first-order valence-corrected chi connectivity index (χ1v) is 9.26. The summed E-state index contributed by atoms with van der Waals surface area (Å²) in [6, 6.07) is 10.8. The Labute approximate surface area is 133 Å². The fourth-order valence-corrected chi connectivity index (χ4v) is 3.48. The molecule has 0 spiro atoms. The number of hydrogen-bond donors (Lipinski definition) is 1. The number of nitrogens with one attached hydrogen (secondary N) is 1. The van der Waals surface area contributed by atoms with Gasteiger partial charge in [-0.15, -0.1) is 0 Å². The van der Waals surface area contributed by atoms with Crippen LogP contribution in [0.15, 0.2) is 58.3 Å². The van der Waals surface area contributed by atoms with Crippen molar-refractivity contribution in [3.05, 3.63) is 53.6 Å². The van der Waals surface area contributed by atoms with E-state index in [1.54, 1.807) is 12.1 Å². The lowest BCUT2D eigenvalue weighted by Gasteiger charge is -2.09. The monoisotopic (exact) mass is 361 g/mol. The van der Waals surface area contributed by atoms with Crippen molar-refractivity contribution in [1.29, 1.82) is 0 Å². The van der Waals surface area contributed by atoms with Crippen molar-refractivity contribution in [3.63, 3.8) is 0 Å². The lowest BCUT2D eigenvalue weighted by atomic mass is 10.3. The standard InChI is InChI=1S/C13H12ClNO5S2/c1-15-21(16,17)10-6-8-11(9-7-10)22(18,19)20-13-5-3-2-4-12(13)14/h2-9,15H,1H3. The summed E-state index contributed by atoms with van der Waals surface area (Å²) in [4.78, 5) is -0.228. The zero-order chi connectivity index (χ0) is 16.4. The van der Waals surface area contributed by atoms with E-state index < -0.39 is 20.1 Å².